The van der Waals surface area contributed by atoms with Crippen LogP contribution in [0.5, 0.6) is 5.75 Å². The number of aliphatic carboxylic acids is 1. The SMILES string of the molecule is Cc1ccccc1NC(=O)Nc1ccc(OCC(=O)O)cc1. The first-order chi connectivity index (χ1) is 10.5. The highest BCUT2D eigenvalue weighted by Gasteiger charge is 2.05. The molecule has 114 valence electrons. The number of carbonyl (C=O) groups is 2. The molecule has 0 saturated heterocycles. The number of nitrogens with one attached hydrogen (secondary N) is 2. The second kappa shape index (κ2) is 7.12. The van der Waals surface area contributed by atoms with E-state index in [1.165, 1.54) is 0 Å². The van der Waals surface area contributed by atoms with Crippen molar-refractivity contribution in [3.05, 3.63) is 54.1 Å². The number of urea groups is 1. The predicted molar refractivity (Wildman–Crippen MR) is 83.4 cm³/mol. The van der Waals surface area contributed by atoms with Crippen LogP contribution in [0, 0.1) is 6.92 Å². The van der Waals surface area contributed by atoms with Crippen molar-refractivity contribution >= 4 is 23.4 Å². The van der Waals surface area contributed by atoms with E-state index in [0.717, 1.165) is 11.3 Å². The monoisotopic (exact) mass is 300 g/mol. The molecule has 0 aliphatic carbocycles. The first-order valence-electron chi connectivity index (χ1n) is 6.63. The van der Waals surface area contributed by atoms with Crippen LogP contribution in [-0.4, -0.2) is 23.7 Å². The van der Waals surface area contributed by atoms with Gasteiger partial charge in [-0.1, -0.05) is 18.2 Å². The molecule has 0 unspecified atom stereocenters. The first kappa shape index (κ1) is 15.4. The van der Waals surface area contributed by atoms with Crippen molar-refractivity contribution in [1.82, 2.24) is 0 Å². The van der Waals surface area contributed by atoms with Gasteiger partial charge in [-0.3, -0.25) is 0 Å². The molecule has 3 N–H and O–H groups in total. The second-order valence-electron chi connectivity index (χ2n) is 4.60. The largest absolute Gasteiger partial charge is 0.482 e. The number of hydrogen-bond donors (Lipinski definition) is 3. The van der Waals surface area contributed by atoms with E-state index in [4.69, 9.17) is 9.84 Å². The number of carboxylic acid groups (broad SMARTS) is 1. The van der Waals surface area contributed by atoms with Crippen molar-refractivity contribution in [2.45, 2.75) is 6.92 Å². The van der Waals surface area contributed by atoms with Gasteiger partial charge in [0.05, 0.1) is 0 Å². The van der Waals surface area contributed by atoms with Gasteiger partial charge in [0.15, 0.2) is 6.61 Å². The summed E-state index contributed by atoms with van der Waals surface area (Å²) >= 11 is 0. The van der Waals surface area contributed by atoms with Gasteiger partial charge in [-0.15, -0.1) is 0 Å². The number of rotatable bonds is 5. The van der Waals surface area contributed by atoms with E-state index in [1.807, 2.05) is 31.2 Å². The number of anilines is 2. The number of benzene rings is 2. The average molecular weight is 300 g/mol. The van der Waals surface area contributed by atoms with Crippen molar-refractivity contribution < 1.29 is 19.4 Å². The highest BCUT2D eigenvalue weighted by Crippen LogP contribution is 2.17. The first-order valence-corrected chi connectivity index (χ1v) is 6.63. The molecule has 0 bridgehead atoms. The Morgan fingerprint density at radius 3 is 2.36 bits per heavy atom. The fraction of sp³-hybridized carbons (Fsp3) is 0.125. The second-order valence-corrected chi connectivity index (χ2v) is 4.60. The normalized spacial score (nSPS) is 9.86. The zero-order chi connectivity index (χ0) is 15.9. The zero-order valence-electron chi connectivity index (χ0n) is 12.0. The Hall–Kier alpha value is -3.02. The summed E-state index contributed by atoms with van der Waals surface area (Å²) in [5.41, 5.74) is 2.28. The molecule has 0 aliphatic heterocycles. The van der Waals surface area contributed by atoms with E-state index in [2.05, 4.69) is 10.6 Å². The number of hydrogen-bond acceptors (Lipinski definition) is 3. The molecule has 0 atom stereocenters. The smallest absolute Gasteiger partial charge is 0.341 e. The molecule has 0 aromatic heterocycles. The molecule has 0 spiro atoms. The summed E-state index contributed by atoms with van der Waals surface area (Å²) in [4.78, 5) is 22.3. The third kappa shape index (κ3) is 4.52. The average Bonchev–Trinajstić information content (AvgIpc) is 2.49. The van der Waals surface area contributed by atoms with Crippen LogP contribution >= 0.6 is 0 Å². The maximum atomic E-state index is 11.9. The lowest BCUT2D eigenvalue weighted by atomic mass is 10.2. The van der Waals surface area contributed by atoms with E-state index in [0.29, 0.717) is 11.4 Å². The summed E-state index contributed by atoms with van der Waals surface area (Å²) in [6.07, 6.45) is 0. The van der Waals surface area contributed by atoms with Crippen LogP contribution in [0.2, 0.25) is 0 Å². The van der Waals surface area contributed by atoms with E-state index in [9.17, 15) is 9.59 Å². The van der Waals surface area contributed by atoms with Gasteiger partial charge in [-0.2, -0.15) is 0 Å². The van der Waals surface area contributed by atoms with Crippen molar-refractivity contribution in [2.24, 2.45) is 0 Å². The molecule has 2 aromatic carbocycles. The molecule has 0 aliphatic rings. The molecule has 6 heteroatoms. The summed E-state index contributed by atoms with van der Waals surface area (Å²) in [6, 6.07) is 13.6. The molecule has 0 saturated carbocycles. The molecule has 2 aromatic rings. The Morgan fingerprint density at radius 1 is 1.05 bits per heavy atom. The minimum atomic E-state index is -1.04. The summed E-state index contributed by atoms with van der Waals surface area (Å²) in [6.45, 7) is 1.50. The van der Waals surface area contributed by atoms with E-state index in [-0.39, 0.29) is 6.03 Å². The maximum Gasteiger partial charge on any atom is 0.341 e. The van der Waals surface area contributed by atoms with Crippen LogP contribution in [-0.2, 0) is 4.79 Å². The topological polar surface area (TPSA) is 87.7 Å². The van der Waals surface area contributed by atoms with Gasteiger partial charge >= 0.3 is 12.0 Å². The third-order valence-corrected chi connectivity index (χ3v) is 2.87. The Kier molecular flexibility index (Phi) is 4.98. The molecule has 22 heavy (non-hydrogen) atoms. The number of ether oxygens (including phenoxy) is 1. The summed E-state index contributed by atoms with van der Waals surface area (Å²) in [5, 5.41) is 14.0. The van der Waals surface area contributed by atoms with E-state index < -0.39 is 12.6 Å². The van der Waals surface area contributed by atoms with Crippen molar-refractivity contribution in [2.75, 3.05) is 17.2 Å². The summed E-state index contributed by atoms with van der Waals surface area (Å²) in [7, 11) is 0. The molecule has 0 radical (unpaired) electrons. The Bertz CT molecular complexity index is 668. The molecular weight excluding hydrogens is 284 g/mol. The number of carbonyl (C=O) groups excluding carboxylic acids is 1. The minimum Gasteiger partial charge on any atom is -0.482 e. The molecule has 0 heterocycles. The van der Waals surface area contributed by atoms with E-state index in [1.54, 1.807) is 24.3 Å². The lowest BCUT2D eigenvalue weighted by molar-refractivity contribution is -0.139. The summed E-state index contributed by atoms with van der Waals surface area (Å²) in [5.74, 6) is -0.618. The van der Waals surface area contributed by atoms with Gasteiger partial charge in [-0.25, -0.2) is 9.59 Å². The van der Waals surface area contributed by atoms with Crippen molar-refractivity contribution in [3.8, 4) is 5.75 Å². The van der Waals surface area contributed by atoms with Crippen LogP contribution in [0.1, 0.15) is 5.56 Å². The van der Waals surface area contributed by atoms with Gasteiger partial charge < -0.3 is 20.5 Å². The fourth-order valence-corrected chi connectivity index (χ4v) is 1.78. The highest BCUT2D eigenvalue weighted by molar-refractivity contribution is 6.00. The Labute approximate surface area is 127 Å². The number of aryl methyl sites for hydroxylation is 1. The maximum absolute atomic E-state index is 11.9. The fourth-order valence-electron chi connectivity index (χ4n) is 1.78. The Morgan fingerprint density at radius 2 is 1.73 bits per heavy atom. The van der Waals surface area contributed by atoms with Gasteiger partial charge in [-0.05, 0) is 42.8 Å². The predicted octanol–water partition coefficient (Wildman–Crippen LogP) is 3.10. The van der Waals surface area contributed by atoms with E-state index >= 15 is 0 Å². The lowest BCUT2D eigenvalue weighted by Crippen LogP contribution is -2.19. The van der Waals surface area contributed by atoms with Crippen LogP contribution in [0.4, 0.5) is 16.2 Å². The lowest BCUT2D eigenvalue weighted by Gasteiger charge is -2.10. The standard InChI is InChI=1S/C16H16N2O4/c1-11-4-2-3-5-14(11)18-16(21)17-12-6-8-13(9-7-12)22-10-15(19)20/h2-9H,10H2,1H3,(H,19,20)(H2,17,18,21). The molecule has 0 fully saturated rings. The van der Waals surface area contributed by atoms with Gasteiger partial charge in [0.1, 0.15) is 5.75 Å². The van der Waals surface area contributed by atoms with Crippen LogP contribution in [0.3, 0.4) is 0 Å². The minimum absolute atomic E-state index is 0.353. The zero-order valence-corrected chi connectivity index (χ0v) is 12.0. The molecular formula is C16H16N2O4. The van der Waals surface area contributed by atoms with Crippen LogP contribution < -0.4 is 15.4 Å². The van der Waals surface area contributed by atoms with Crippen molar-refractivity contribution in [1.29, 1.82) is 0 Å². The Balaban J connectivity index is 1.91. The van der Waals surface area contributed by atoms with Crippen molar-refractivity contribution in [3.63, 3.8) is 0 Å². The van der Waals surface area contributed by atoms with Gasteiger partial charge in [0.25, 0.3) is 0 Å². The number of amides is 2. The third-order valence-electron chi connectivity index (χ3n) is 2.87. The van der Waals surface area contributed by atoms with Crippen LogP contribution in [0.25, 0.3) is 0 Å². The molecule has 2 rings (SSSR count). The molecule has 2 amide bonds. The highest BCUT2D eigenvalue weighted by atomic mass is 16.5. The number of carboxylic acids is 1. The van der Waals surface area contributed by atoms with Gasteiger partial charge in [0, 0.05) is 11.4 Å². The summed E-state index contributed by atoms with van der Waals surface area (Å²) < 4.78 is 5.01. The quantitative estimate of drug-likeness (QED) is 0.791. The number of para-hydroxylation sites is 1. The molecule has 6 nitrogen and oxygen atoms in total. The van der Waals surface area contributed by atoms with Crippen LogP contribution in [0.15, 0.2) is 48.5 Å². The van der Waals surface area contributed by atoms with Gasteiger partial charge in [0.2, 0.25) is 0 Å².